The predicted molar refractivity (Wildman–Crippen MR) is 45.9 cm³/mol. The average molecular weight is 179 g/mol. The van der Waals surface area contributed by atoms with Gasteiger partial charge < -0.3 is 0 Å². The van der Waals surface area contributed by atoms with Crippen molar-refractivity contribution in [1.82, 2.24) is 4.98 Å². The van der Waals surface area contributed by atoms with Crippen LogP contribution in [0.15, 0.2) is 12.1 Å². The van der Waals surface area contributed by atoms with E-state index in [1.807, 2.05) is 6.07 Å². The Balaban J connectivity index is 2.47. The van der Waals surface area contributed by atoms with Gasteiger partial charge in [0.05, 0.1) is 0 Å². The van der Waals surface area contributed by atoms with Crippen LogP contribution in [0.3, 0.4) is 0 Å². The highest BCUT2D eigenvalue weighted by molar-refractivity contribution is 6.29. The molecule has 1 aliphatic carbocycles. The van der Waals surface area contributed by atoms with E-state index in [4.69, 9.17) is 16.9 Å². The summed E-state index contributed by atoms with van der Waals surface area (Å²) in [6.07, 6.45) is 2.36. The van der Waals surface area contributed by atoms with Gasteiger partial charge in [0.2, 0.25) is 0 Å². The van der Waals surface area contributed by atoms with Gasteiger partial charge in [0.15, 0.2) is 0 Å². The fraction of sp³-hybridized carbons (Fsp3) is 0.333. The molecule has 0 saturated heterocycles. The first kappa shape index (κ1) is 7.57. The highest BCUT2D eigenvalue weighted by atomic mass is 35.5. The molecule has 1 aliphatic rings. The van der Waals surface area contributed by atoms with E-state index in [-0.39, 0.29) is 0 Å². The SMILES string of the molecule is N#Cc1nc(Cl)ccc1C1CC1. The van der Waals surface area contributed by atoms with Crippen LogP contribution >= 0.6 is 11.6 Å². The monoisotopic (exact) mass is 178 g/mol. The Kier molecular flexibility index (Phi) is 1.74. The van der Waals surface area contributed by atoms with Crippen molar-refractivity contribution in [3.8, 4) is 6.07 Å². The van der Waals surface area contributed by atoms with Gasteiger partial charge >= 0.3 is 0 Å². The van der Waals surface area contributed by atoms with Gasteiger partial charge in [-0.25, -0.2) is 4.98 Å². The largest absolute Gasteiger partial charge is 0.225 e. The quantitative estimate of drug-likeness (QED) is 0.620. The third kappa shape index (κ3) is 1.28. The molecule has 2 rings (SSSR count). The minimum absolute atomic E-state index is 0.399. The zero-order valence-corrected chi connectivity index (χ0v) is 7.17. The molecule has 0 N–H and O–H groups in total. The smallest absolute Gasteiger partial charge is 0.145 e. The van der Waals surface area contributed by atoms with Gasteiger partial charge in [-0.05, 0) is 30.4 Å². The van der Waals surface area contributed by atoms with E-state index < -0.39 is 0 Å². The van der Waals surface area contributed by atoms with Crippen molar-refractivity contribution in [3.63, 3.8) is 0 Å². The Hall–Kier alpha value is -1.07. The van der Waals surface area contributed by atoms with Crippen LogP contribution in [-0.2, 0) is 0 Å². The van der Waals surface area contributed by atoms with Crippen molar-refractivity contribution in [3.05, 3.63) is 28.5 Å². The molecule has 0 atom stereocenters. The number of pyridine rings is 1. The van der Waals surface area contributed by atoms with E-state index in [9.17, 15) is 0 Å². The van der Waals surface area contributed by atoms with E-state index in [0.717, 1.165) is 5.56 Å². The summed E-state index contributed by atoms with van der Waals surface area (Å²) in [5, 5.41) is 9.15. The number of aromatic nitrogens is 1. The molecule has 1 heterocycles. The molecule has 0 bridgehead atoms. The lowest BCUT2D eigenvalue weighted by Crippen LogP contribution is -1.91. The molecule has 1 fully saturated rings. The second-order valence-corrected chi connectivity index (χ2v) is 3.35. The Morgan fingerprint density at radius 1 is 1.50 bits per heavy atom. The highest BCUT2D eigenvalue weighted by Gasteiger charge is 2.26. The Bertz CT molecular complexity index is 350. The molecule has 0 spiro atoms. The summed E-state index contributed by atoms with van der Waals surface area (Å²) in [4.78, 5) is 3.96. The lowest BCUT2D eigenvalue weighted by Gasteiger charge is -1.99. The van der Waals surface area contributed by atoms with Crippen LogP contribution in [0.25, 0.3) is 0 Å². The third-order valence-corrected chi connectivity index (χ3v) is 2.23. The zero-order chi connectivity index (χ0) is 8.55. The fourth-order valence-electron chi connectivity index (χ4n) is 1.26. The second-order valence-electron chi connectivity index (χ2n) is 2.96. The molecule has 1 aromatic heterocycles. The van der Waals surface area contributed by atoms with Gasteiger partial charge in [0.1, 0.15) is 16.9 Å². The lowest BCUT2D eigenvalue weighted by atomic mass is 10.1. The maximum atomic E-state index is 8.75. The van der Waals surface area contributed by atoms with Crippen LogP contribution in [0.2, 0.25) is 5.15 Å². The summed E-state index contributed by atoms with van der Waals surface area (Å²) in [6.45, 7) is 0. The number of rotatable bonds is 1. The van der Waals surface area contributed by atoms with Gasteiger partial charge in [-0.1, -0.05) is 17.7 Å². The molecule has 3 heteroatoms. The maximum absolute atomic E-state index is 8.75. The van der Waals surface area contributed by atoms with Crippen molar-refractivity contribution < 1.29 is 0 Å². The molecule has 0 aliphatic heterocycles. The first-order valence-electron chi connectivity index (χ1n) is 3.88. The number of nitriles is 1. The van der Waals surface area contributed by atoms with Crippen LogP contribution in [0.5, 0.6) is 0 Å². The summed E-state index contributed by atoms with van der Waals surface area (Å²) in [6, 6.07) is 5.72. The molecule has 1 aromatic rings. The first-order valence-corrected chi connectivity index (χ1v) is 4.25. The van der Waals surface area contributed by atoms with Crippen LogP contribution in [-0.4, -0.2) is 4.98 Å². The van der Waals surface area contributed by atoms with Crippen LogP contribution < -0.4 is 0 Å². The van der Waals surface area contributed by atoms with Gasteiger partial charge in [-0.3, -0.25) is 0 Å². The van der Waals surface area contributed by atoms with E-state index in [1.165, 1.54) is 12.8 Å². The molecular weight excluding hydrogens is 172 g/mol. The molecule has 0 unspecified atom stereocenters. The Morgan fingerprint density at radius 2 is 2.25 bits per heavy atom. The number of hydrogen-bond donors (Lipinski definition) is 0. The maximum Gasteiger partial charge on any atom is 0.145 e. The van der Waals surface area contributed by atoms with Crippen molar-refractivity contribution in [2.45, 2.75) is 18.8 Å². The van der Waals surface area contributed by atoms with Crippen molar-refractivity contribution in [1.29, 1.82) is 5.26 Å². The van der Waals surface area contributed by atoms with Crippen molar-refractivity contribution >= 4 is 11.6 Å². The number of nitrogens with zero attached hydrogens (tertiary/aromatic N) is 2. The number of hydrogen-bond acceptors (Lipinski definition) is 2. The summed E-state index contributed by atoms with van der Waals surface area (Å²) in [5.74, 6) is 0.560. The topological polar surface area (TPSA) is 36.7 Å². The minimum atomic E-state index is 0.399. The molecule has 2 nitrogen and oxygen atoms in total. The molecular formula is C9H7ClN2. The second kappa shape index (κ2) is 2.76. The third-order valence-electron chi connectivity index (χ3n) is 2.02. The standard InChI is InChI=1S/C9H7ClN2/c10-9-4-3-7(6-1-2-6)8(5-11)12-9/h3-4,6H,1-2H2. The van der Waals surface area contributed by atoms with E-state index in [2.05, 4.69) is 11.1 Å². The first-order chi connectivity index (χ1) is 5.81. The van der Waals surface area contributed by atoms with Crippen molar-refractivity contribution in [2.24, 2.45) is 0 Å². The zero-order valence-electron chi connectivity index (χ0n) is 6.42. The van der Waals surface area contributed by atoms with Gasteiger partial charge in [-0.15, -0.1) is 0 Å². The average Bonchev–Trinajstić information content (AvgIpc) is 2.87. The molecule has 0 aromatic carbocycles. The van der Waals surface area contributed by atoms with Crippen LogP contribution in [0.4, 0.5) is 0 Å². The highest BCUT2D eigenvalue weighted by Crippen LogP contribution is 2.41. The lowest BCUT2D eigenvalue weighted by molar-refractivity contribution is 1.07. The molecule has 0 radical (unpaired) electrons. The van der Waals surface area contributed by atoms with Gasteiger partial charge in [-0.2, -0.15) is 5.26 Å². The summed E-state index contributed by atoms with van der Waals surface area (Å²) in [5.41, 5.74) is 1.55. The Morgan fingerprint density at radius 3 is 2.83 bits per heavy atom. The van der Waals surface area contributed by atoms with E-state index >= 15 is 0 Å². The van der Waals surface area contributed by atoms with Gasteiger partial charge in [0, 0.05) is 0 Å². The normalized spacial score (nSPS) is 15.7. The molecule has 12 heavy (non-hydrogen) atoms. The summed E-state index contributed by atoms with van der Waals surface area (Å²) in [7, 11) is 0. The van der Waals surface area contributed by atoms with Crippen LogP contribution in [0.1, 0.15) is 30.0 Å². The van der Waals surface area contributed by atoms with Gasteiger partial charge in [0.25, 0.3) is 0 Å². The Labute approximate surface area is 75.8 Å². The molecule has 0 amide bonds. The van der Waals surface area contributed by atoms with Crippen LogP contribution in [0, 0.1) is 11.3 Å². The predicted octanol–water partition coefficient (Wildman–Crippen LogP) is 2.48. The number of halogens is 1. The van der Waals surface area contributed by atoms with E-state index in [1.54, 1.807) is 6.07 Å². The molecule has 60 valence electrons. The van der Waals surface area contributed by atoms with E-state index in [0.29, 0.717) is 16.8 Å². The fourth-order valence-corrected chi connectivity index (χ4v) is 1.41. The minimum Gasteiger partial charge on any atom is -0.225 e. The summed E-state index contributed by atoms with van der Waals surface area (Å²) >= 11 is 5.66. The summed E-state index contributed by atoms with van der Waals surface area (Å²) < 4.78 is 0. The molecule has 1 saturated carbocycles. The van der Waals surface area contributed by atoms with Crippen molar-refractivity contribution in [2.75, 3.05) is 0 Å².